The number of nitrogens with zero attached hydrogens (tertiary/aromatic N) is 3. The fourth-order valence-corrected chi connectivity index (χ4v) is 2.16. The first kappa shape index (κ1) is 18.5. The van der Waals surface area contributed by atoms with Crippen LogP contribution < -0.4 is 16.0 Å². The van der Waals surface area contributed by atoms with Crippen molar-refractivity contribution in [3.8, 4) is 0 Å². The van der Waals surface area contributed by atoms with Gasteiger partial charge in [0, 0.05) is 25.0 Å². The van der Waals surface area contributed by atoms with Crippen molar-refractivity contribution in [2.24, 2.45) is 0 Å². The molecular weight excluding hydrogens is 354 g/mol. The summed E-state index contributed by atoms with van der Waals surface area (Å²) in [5.74, 6) is 0.187. The maximum absolute atomic E-state index is 13.1. The van der Waals surface area contributed by atoms with Crippen LogP contribution in [0.4, 0.5) is 38.0 Å². The van der Waals surface area contributed by atoms with Crippen LogP contribution in [0.3, 0.4) is 0 Å². The minimum absolute atomic E-state index is 0.265. The van der Waals surface area contributed by atoms with Gasteiger partial charge >= 0.3 is 0 Å². The first-order valence-electron chi connectivity index (χ1n) is 8.16. The van der Waals surface area contributed by atoms with Gasteiger partial charge in [-0.2, -0.15) is 15.0 Å². The van der Waals surface area contributed by atoms with Crippen molar-refractivity contribution >= 4 is 29.2 Å². The highest BCUT2D eigenvalue weighted by Crippen LogP contribution is 2.19. The van der Waals surface area contributed by atoms with E-state index >= 15 is 0 Å². The second kappa shape index (κ2) is 8.86. The molecule has 0 fully saturated rings. The van der Waals surface area contributed by atoms with E-state index in [-0.39, 0.29) is 23.5 Å². The predicted molar refractivity (Wildman–Crippen MR) is 99.6 cm³/mol. The van der Waals surface area contributed by atoms with E-state index in [1.54, 1.807) is 31.4 Å². The van der Waals surface area contributed by atoms with Gasteiger partial charge in [0.15, 0.2) is 0 Å². The fraction of sp³-hybridized carbons (Fsp3) is 0.167. The monoisotopic (exact) mass is 372 g/mol. The second-order valence-electron chi connectivity index (χ2n) is 5.49. The first-order valence-corrected chi connectivity index (χ1v) is 8.16. The third-order valence-corrected chi connectivity index (χ3v) is 3.43. The lowest BCUT2D eigenvalue weighted by molar-refractivity contribution is 0.210. The Morgan fingerprint density at radius 1 is 0.741 bits per heavy atom. The molecule has 0 saturated carbocycles. The Kier molecular flexibility index (Phi) is 6.06. The van der Waals surface area contributed by atoms with Gasteiger partial charge in [-0.1, -0.05) is 0 Å². The highest BCUT2D eigenvalue weighted by atomic mass is 19.1. The molecule has 3 aromatic rings. The van der Waals surface area contributed by atoms with E-state index in [9.17, 15) is 8.78 Å². The van der Waals surface area contributed by atoms with E-state index in [0.29, 0.717) is 30.5 Å². The van der Waals surface area contributed by atoms with Crippen LogP contribution in [0, 0.1) is 11.6 Å². The molecule has 0 saturated heterocycles. The van der Waals surface area contributed by atoms with Crippen molar-refractivity contribution in [1.82, 2.24) is 15.0 Å². The zero-order valence-electron chi connectivity index (χ0n) is 14.5. The standard InChI is InChI=1S/C18H18F2N6O/c1-27-11-10-21-16-24-17(22-14-6-2-12(19)3-7-14)26-18(25-16)23-15-8-4-13(20)5-9-15/h2-9H,10-11H2,1H3,(H3,21,22,23,24,25,26). The van der Waals surface area contributed by atoms with Crippen LogP contribution in [0.2, 0.25) is 0 Å². The summed E-state index contributed by atoms with van der Waals surface area (Å²) in [6.07, 6.45) is 0. The molecule has 3 rings (SSSR count). The number of methoxy groups -OCH3 is 1. The summed E-state index contributed by atoms with van der Waals surface area (Å²) in [4.78, 5) is 12.9. The van der Waals surface area contributed by atoms with Gasteiger partial charge in [-0.15, -0.1) is 0 Å². The lowest BCUT2D eigenvalue weighted by atomic mass is 10.3. The zero-order chi connectivity index (χ0) is 19.1. The third-order valence-electron chi connectivity index (χ3n) is 3.43. The molecule has 0 bridgehead atoms. The molecule has 0 atom stereocenters. The van der Waals surface area contributed by atoms with E-state index in [1.165, 1.54) is 24.3 Å². The Hall–Kier alpha value is -3.33. The number of anilines is 5. The molecule has 2 aromatic carbocycles. The smallest absolute Gasteiger partial charge is 0.233 e. The molecule has 0 aliphatic carbocycles. The molecule has 0 aliphatic heterocycles. The van der Waals surface area contributed by atoms with Crippen LogP contribution in [0.25, 0.3) is 0 Å². The van der Waals surface area contributed by atoms with Crippen molar-refractivity contribution < 1.29 is 13.5 Å². The maximum Gasteiger partial charge on any atom is 0.233 e. The van der Waals surface area contributed by atoms with Crippen LogP contribution >= 0.6 is 0 Å². The Morgan fingerprint density at radius 2 is 1.19 bits per heavy atom. The van der Waals surface area contributed by atoms with Gasteiger partial charge in [-0.25, -0.2) is 8.78 Å². The number of benzene rings is 2. The summed E-state index contributed by atoms with van der Waals surface area (Å²) in [5.41, 5.74) is 1.25. The minimum atomic E-state index is -0.336. The molecule has 0 aliphatic rings. The number of nitrogens with one attached hydrogen (secondary N) is 3. The van der Waals surface area contributed by atoms with Crippen LogP contribution in [-0.4, -0.2) is 35.2 Å². The van der Waals surface area contributed by atoms with Gasteiger partial charge in [0.05, 0.1) is 6.61 Å². The highest BCUT2D eigenvalue weighted by Gasteiger charge is 2.08. The Morgan fingerprint density at radius 3 is 1.63 bits per heavy atom. The number of hydrogen-bond acceptors (Lipinski definition) is 7. The number of rotatable bonds is 8. The van der Waals surface area contributed by atoms with Crippen molar-refractivity contribution in [1.29, 1.82) is 0 Å². The molecule has 0 amide bonds. The van der Waals surface area contributed by atoms with E-state index < -0.39 is 0 Å². The average Bonchev–Trinajstić information content (AvgIpc) is 2.66. The molecule has 7 nitrogen and oxygen atoms in total. The Bertz CT molecular complexity index is 808. The van der Waals surface area contributed by atoms with Crippen LogP contribution in [0.1, 0.15) is 0 Å². The van der Waals surface area contributed by atoms with Crippen LogP contribution in [0.5, 0.6) is 0 Å². The quantitative estimate of drug-likeness (QED) is 0.520. The normalized spacial score (nSPS) is 10.5. The summed E-state index contributed by atoms with van der Waals surface area (Å²) in [6, 6.07) is 11.6. The van der Waals surface area contributed by atoms with Crippen LogP contribution in [0.15, 0.2) is 48.5 Å². The molecule has 0 unspecified atom stereocenters. The summed E-state index contributed by atoms with van der Waals surface area (Å²) < 4.78 is 31.1. The molecular formula is C18H18F2N6O. The largest absolute Gasteiger partial charge is 0.383 e. The topological polar surface area (TPSA) is 84.0 Å². The van der Waals surface area contributed by atoms with E-state index in [0.717, 1.165) is 0 Å². The molecule has 140 valence electrons. The predicted octanol–water partition coefficient (Wildman–Crippen LogP) is 3.70. The molecule has 1 aromatic heterocycles. The molecule has 3 N–H and O–H groups in total. The number of halogens is 2. The average molecular weight is 372 g/mol. The van der Waals surface area contributed by atoms with Gasteiger partial charge in [0.2, 0.25) is 17.8 Å². The van der Waals surface area contributed by atoms with Crippen molar-refractivity contribution in [3.63, 3.8) is 0 Å². The van der Waals surface area contributed by atoms with Crippen molar-refractivity contribution in [3.05, 3.63) is 60.2 Å². The summed E-state index contributed by atoms with van der Waals surface area (Å²) in [5, 5.41) is 9.02. The molecule has 9 heteroatoms. The van der Waals surface area contributed by atoms with Gasteiger partial charge in [0.25, 0.3) is 0 Å². The first-order chi connectivity index (χ1) is 13.1. The number of aromatic nitrogens is 3. The summed E-state index contributed by atoms with van der Waals surface area (Å²) in [7, 11) is 1.60. The summed E-state index contributed by atoms with van der Waals surface area (Å²) >= 11 is 0. The van der Waals surface area contributed by atoms with Gasteiger partial charge < -0.3 is 20.7 Å². The minimum Gasteiger partial charge on any atom is -0.383 e. The second-order valence-corrected chi connectivity index (χ2v) is 5.49. The van der Waals surface area contributed by atoms with E-state index in [2.05, 4.69) is 30.9 Å². The number of hydrogen-bond donors (Lipinski definition) is 3. The van der Waals surface area contributed by atoms with Crippen molar-refractivity contribution in [2.75, 3.05) is 36.2 Å². The molecule has 1 heterocycles. The van der Waals surface area contributed by atoms with Crippen LogP contribution in [-0.2, 0) is 4.74 Å². The Labute approximate surface area is 154 Å². The molecule has 27 heavy (non-hydrogen) atoms. The molecule has 0 spiro atoms. The van der Waals surface area contributed by atoms with Gasteiger partial charge in [0.1, 0.15) is 11.6 Å². The maximum atomic E-state index is 13.1. The van der Waals surface area contributed by atoms with Gasteiger partial charge in [-0.3, -0.25) is 0 Å². The van der Waals surface area contributed by atoms with E-state index in [1.807, 2.05) is 0 Å². The number of ether oxygens (including phenoxy) is 1. The summed E-state index contributed by atoms with van der Waals surface area (Å²) in [6.45, 7) is 0.986. The Balaban J connectivity index is 1.82. The van der Waals surface area contributed by atoms with E-state index in [4.69, 9.17) is 4.74 Å². The third kappa shape index (κ3) is 5.58. The fourth-order valence-electron chi connectivity index (χ4n) is 2.16. The SMILES string of the molecule is COCCNc1nc(Nc2ccc(F)cc2)nc(Nc2ccc(F)cc2)n1. The van der Waals surface area contributed by atoms with Gasteiger partial charge in [-0.05, 0) is 48.5 Å². The lowest BCUT2D eigenvalue weighted by Crippen LogP contribution is -2.13. The zero-order valence-corrected chi connectivity index (χ0v) is 14.5. The highest BCUT2D eigenvalue weighted by molar-refractivity contribution is 5.59. The lowest BCUT2D eigenvalue weighted by Gasteiger charge is -2.11. The van der Waals surface area contributed by atoms with Crippen molar-refractivity contribution in [2.45, 2.75) is 0 Å². The molecule has 0 radical (unpaired) electrons.